The highest BCUT2D eigenvalue weighted by molar-refractivity contribution is 6.04. The Morgan fingerprint density at radius 3 is 2.50 bits per heavy atom. The molecular formula is C17H25N5O2. The van der Waals surface area contributed by atoms with Crippen LogP contribution >= 0.6 is 0 Å². The first kappa shape index (κ1) is 16.8. The van der Waals surface area contributed by atoms with E-state index in [1.807, 2.05) is 0 Å². The fraction of sp³-hybridized carbons (Fsp3) is 0.647. The molecule has 0 bridgehead atoms. The van der Waals surface area contributed by atoms with Gasteiger partial charge in [-0.05, 0) is 45.2 Å². The summed E-state index contributed by atoms with van der Waals surface area (Å²) >= 11 is 0. The van der Waals surface area contributed by atoms with Crippen LogP contribution in [0.1, 0.15) is 46.7 Å². The number of hydrogen-bond acceptors (Lipinski definition) is 5. The Labute approximate surface area is 142 Å². The van der Waals surface area contributed by atoms with Gasteiger partial charge in [0.05, 0.1) is 0 Å². The summed E-state index contributed by atoms with van der Waals surface area (Å²) < 4.78 is 0. The molecule has 0 spiro atoms. The van der Waals surface area contributed by atoms with Crippen molar-refractivity contribution in [2.24, 2.45) is 5.92 Å². The molecule has 130 valence electrons. The van der Waals surface area contributed by atoms with E-state index in [4.69, 9.17) is 0 Å². The maximum absolute atomic E-state index is 12.7. The number of likely N-dealkylation sites (tertiary alicyclic amines) is 2. The third-order valence-corrected chi connectivity index (χ3v) is 4.80. The molecule has 24 heavy (non-hydrogen) atoms. The van der Waals surface area contributed by atoms with Crippen molar-refractivity contribution in [2.75, 3.05) is 39.8 Å². The third-order valence-electron chi connectivity index (χ3n) is 4.80. The van der Waals surface area contributed by atoms with E-state index in [0.717, 1.165) is 51.9 Å². The first-order valence-electron chi connectivity index (χ1n) is 8.72. The Bertz CT molecular complexity index is 600. The number of rotatable bonds is 4. The third kappa shape index (κ3) is 3.90. The number of aromatic nitrogens is 2. The second kappa shape index (κ2) is 7.70. The number of hydrogen-bond donors (Lipinski definition) is 1. The van der Waals surface area contributed by atoms with Crippen molar-refractivity contribution >= 4 is 11.8 Å². The van der Waals surface area contributed by atoms with Crippen molar-refractivity contribution < 1.29 is 9.59 Å². The number of carbonyl (C=O) groups is 2. The minimum atomic E-state index is -0.307. The molecule has 2 aliphatic heterocycles. The molecule has 2 fully saturated rings. The van der Waals surface area contributed by atoms with Gasteiger partial charge in [0.2, 0.25) is 0 Å². The molecule has 2 aliphatic rings. The van der Waals surface area contributed by atoms with Crippen LogP contribution in [0.3, 0.4) is 0 Å². The van der Waals surface area contributed by atoms with Crippen molar-refractivity contribution in [1.82, 2.24) is 25.1 Å². The van der Waals surface area contributed by atoms with Gasteiger partial charge in [-0.3, -0.25) is 9.59 Å². The lowest BCUT2D eigenvalue weighted by molar-refractivity contribution is 0.0711. The number of piperidine rings is 1. The minimum Gasteiger partial charge on any atom is -0.350 e. The highest BCUT2D eigenvalue weighted by Crippen LogP contribution is 2.15. The van der Waals surface area contributed by atoms with E-state index in [9.17, 15) is 9.59 Å². The van der Waals surface area contributed by atoms with Crippen molar-refractivity contribution in [1.29, 1.82) is 0 Å². The zero-order chi connectivity index (χ0) is 16.9. The van der Waals surface area contributed by atoms with E-state index < -0.39 is 0 Å². The fourth-order valence-electron chi connectivity index (χ4n) is 3.42. The molecule has 1 atom stereocenters. The lowest BCUT2D eigenvalue weighted by atomic mass is 10.1. The van der Waals surface area contributed by atoms with Gasteiger partial charge in [-0.25, -0.2) is 9.97 Å². The van der Waals surface area contributed by atoms with E-state index in [-0.39, 0.29) is 23.2 Å². The number of amides is 2. The van der Waals surface area contributed by atoms with Crippen LogP contribution in [0.5, 0.6) is 0 Å². The molecule has 2 saturated heterocycles. The Morgan fingerprint density at radius 1 is 1.12 bits per heavy atom. The van der Waals surface area contributed by atoms with Gasteiger partial charge in [-0.15, -0.1) is 0 Å². The fourth-order valence-corrected chi connectivity index (χ4v) is 3.42. The molecule has 2 amide bonds. The predicted molar refractivity (Wildman–Crippen MR) is 89.7 cm³/mol. The molecule has 7 heteroatoms. The topological polar surface area (TPSA) is 78.4 Å². The molecule has 0 unspecified atom stereocenters. The Kier molecular flexibility index (Phi) is 5.40. The van der Waals surface area contributed by atoms with E-state index in [0.29, 0.717) is 12.5 Å². The van der Waals surface area contributed by atoms with Crippen LogP contribution in [0.4, 0.5) is 0 Å². The second-order valence-electron chi connectivity index (χ2n) is 6.73. The minimum absolute atomic E-state index is 0.138. The highest BCUT2D eigenvalue weighted by Gasteiger charge is 2.26. The average molecular weight is 331 g/mol. The first-order valence-corrected chi connectivity index (χ1v) is 8.72. The van der Waals surface area contributed by atoms with E-state index in [1.165, 1.54) is 12.4 Å². The summed E-state index contributed by atoms with van der Waals surface area (Å²) in [6.07, 6.45) is 7.17. The zero-order valence-electron chi connectivity index (χ0n) is 14.2. The van der Waals surface area contributed by atoms with Crippen molar-refractivity contribution in [3.63, 3.8) is 0 Å². The summed E-state index contributed by atoms with van der Waals surface area (Å²) in [5, 5.41) is 2.92. The van der Waals surface area contributed by atoms with Crippen LogP contribution in [-0.4, -0.2) is 71.4 Å². The van der Waals surface area contributed by atoms with E-state index >= 15 is 0 Å². The summed E-state index contributed by atoms with van der Waals surface area (Å²) in [6, 6.07) is 0. The number of carbonyl (C=O) groups excluding carboxylic acids is 2. The van der Waals surface area contributed by atoms with Crippen LogP contribution in [0.25, 0.3) is 0 Å². The summed E-state index contributed by atoms with van der Waals surface area (Å²) in [6.45, 7) is 4.11. The van der Waals surface area contributed by atoms with E-state index in [2.05, 4.69) is 27.2 Å². The highest BCUT2D eigenvalue weighted by atomic mass is 16.2. The molecule has 1 N–H and O–H groups in total. The predicted octanol–water partition coefficient (Wildman–Crippen LogP) is 0.784. The molecule has 0 saturated carbocycles. The summed E-state index contributed by atoms with van der Waals surface area (Å²) in [4.78, 5) is 37.5. The molecule has 3 heterocycles. The monoisotopic (exact) mass is 331 g/mol. The zero-order valence-corrected chi connectivity index (χ0v) is 14.2. The second-order valence-corrected chi connectivity index (χ2v) is 6.73. The molecule has 1 aromatic heterocycles. The molecule has 1 aromatic rings. The average Bonchev–Trinajstić information content (AvgIpc) is 3.05. The van der Waals surface area contributed by atoms with Crippen LogP contribution < -0.4 is 5.32 Å². The van der Waals surface area contributed by atoms with Crippen LogP contribution in [0.15, 0.2) is 12.4 Å². The SMILES string of the molecule is CN1CC[C@H](CNC(=O)c2nccnc2C(=O)N2CCCCC2)C1. The summed E-state index contributed by atoms with van der Waals surface area (Å²) in [7, 11) is 2.08. The maximum Gasteiger partial charge on any atom is 0.274 e. The molecule has 0 radical (unpaired) electrons. The Morgan fingerprint density at radius 2 is 1.83 bits per heavy atom. The maximum atomic E-state index is 12.7. The standard InChI is InChI=1S/C17H25N5O2/c1-21-10-5-13(12-21)11-20-16(23)14-15(19-7-6-18-14)17(24)22-8-3-2-4-9-22/h6-7,13H,2-5,8-12H2,1H3,(H,20,23)/t13-/m1/s1. The van der Waals surface area contributed by atoms with Gasteiger partial charge < -0.3 is 15.1 Å². The van der Waals surface area contributed by atoms with Gasteiger partial charge >= 0.3 is 0 Å². The van der Waals surface area contributed by atoms with E-state index in [1.54, 1.807) is 4.90 Å². The normalized spacial score (nSPS) is 21.7. The lowest BCUT2D eigenvalue weighted by Crippen LogP contribution is -2.38. The van der Waals surface area contributed by atoms with Crippen LogP contribution in [0.2, 0.25) is 0 Å². The summed E-state index contributed by atoms with van der Waals surface area (Å²) in [5.74, 6) is -0.0385. The van der Waals surface area contributed by atoms with Crippen molar-refractivity contribution in [2.45, 2.75) is 25.7 Å². The first-order chi connectivity index (χ1) is 11.6. The van der Waals surface area contributed by atoms with Crippen molar-refractivity contribution in [3.05, 3.63) is 23.8 Å². The lowest BCUT2D eigenvalue weighted by Gasteiger charge is -2.26. The largest absolute Gasteiger partial charge is 0.350 e. The van der Waals surface area contributed by atoms with Crippen LogP contribution in [0, 0.1) is 5.92 Å². The van der Waals surface area contributed by atoms with Gasteiger partial charge in [0.1, 0.15) is 0 Å². The quantitative estimate of drug-likeness (QED) is 0.882. The summed E-state index contributed by atoms with van der Waals surface area (Å²) in [5.41, 5.74) is 0.305. The van der Waals surface area contributed by atoms with Gasteiger partial charge in [-0.1, -0.05) is 0 Å². The molecule has 7 nitrogen and oxygen atoms in total. The molecule has 0 aliphatic carbocycles. The number of nitrogens with one attached hydrogen (secondary N) is 1. The molecule has 3 rings (SSSR count). The number of nitrogens with zero attached hydrogens (tertiary/aromatic N) is 4. The Balaban J connectivity index is 1.66. The Hall–Kier alpha value is -2.02. The van der Waals surface area contributed by atoms with Gasteiger partial charge in [0, 0.05) is 38.6 Å². The van der Waals surface area contributed by atoms with Gasteiger partial charge in [-0.2, -0.15) is 0 Å². The molecular weight excluding hydrogens is 306 g/mol. The van der Waals surface area contributed by atoms with Gasteiger partial charge in [0.15, 0.2) is 11.4 Å². The van der Waals surface area contributed by atoms with Crippen molar-refractivity contribution in [3.8, 4) is 0 Å². The molecule has 0 aromatic carbocycles. The van der Waals surface area contributed by atoms with Crippen LogP contribution in [-0.2, 0) is 0 Å². The van der Waals surface area contributed by atoms with Gasteiger partial charge in [0.25, 0.3) is 11.8 Å². The smallest absolute Gasteiger partial charge is 0.274 e.